The lowest BCUT2D eigenvalue weighted by Crippen LogP contribution is -2.39. The number of carbonyl (C=O) groups excluding carboxylic acids is 1. The van der Waals surface area contributed by atoms with Crippen molar-refractivity contribution in [1.82, 2.24) is 15.5 Å². The molecular weight excluding hydrogens is 297 g/mol. The predicted molar refractivity (Wildman–Crippen MR) is 86.0 cm³/mol. The predicted octanol–water partition coefficient (Wildman–Crippen LogP) is 2.85. The van der Waals surface area contributed by atoms with Gasteiger partial charge >= 0.3 is 0 Å². The Kier molecular flexibility index (Phi) is 5.36. The smallest absolute Gasteiger partial charge is 0.227 e. The van der Waals surface area contributed by atoms with E-state index in [4.69, 9.17) is 4.74 Å². The van der Waals surface area contributed by atoms with Crippen LogP contribution in [0.4, 0.5) is 4.39 Å². The Balaban J connectivity index is 1.88. The van der Waals surface area contributed by atoms with Crippen LogP contribution in [0.1, 0.15) is 36.7 Å². The Labute approximate surface area is 135 Å². The summed E-state index contributed by atoms with van der Waals surface area (Å²) in [5.74, 6) is -0.102. The zero-order valence-corrected chi connectivity index (χ0v) is 13.8. The van der Waals surface area contributed by atoms with Crippen molar-refractivity contribution in [1.29, 1.82) is 0 Å². The van der Waals surface area contributed by atoms with Gasteiger partial charge in [-0.3, -0.25) is 9.89 Å². The Morgan fingerprint density at radius 1 is 1.30 bits per heavy atom. The lowest BCUT2D eigenvalue weighted by atomic mass is 9.98. The van der Waals surface area contributed by atoms with E-state index in [0.29, 0.717) is 12.4 Å². The van der Waals surface area contributed by atoms with Crippen LogP contribution >= 0.6 is 0 Å². The molecule has 0 bridgehead atoms. The molecule has 2 N–H and O–H groups in total. The molecular formula is C17H22FN3O2. The van der Waals surface area contributed by atoms with Gasteiger partial charge in [0.2, 0.25) is 5.91 Å². The molecule has 0 saturated carbocycles. The van der Waals surface area contributed by atoms with Crippen molar-refractivity contribution in [3.8, 4) is 5.75 Å². The molecule has 0 aliphatic heterocycles. The first-order chi connectivity index (χ1) is 10.9. The summed E-state index contributed by atoms with van der Waals surface area (Å²) in [5.41, 5.74) is 2.66. The van der Waals surface area contributed by atoms with Gasteiger partial charge in [0.05, 0.1) is 17.7 Å². The molecule has 1 amide bonds. The van der Waals surface area contributed by atoms with Crippen molar-refractivity contribution in [3.05, 3.63) is 47.0 Å². The fraction of sp³-hybridized carbons (Fsp3) is 0.412. The van der Waals surface area contributed by atoms with E-state index in [2.05, 4.69) is 15.5 Å². The first kappa shape index (κ1) is 17.0. The lowest BCUT2D eigenvalue weighted by Gasteiger charge is -2.18. The van der Waals surface area contributed by atoms with E-state index in [1.54, 1.807) is 12.1 Å². The summed E-state index contributed by atoms with van der Waals surface area (Å²) in [4.78, 5) is 12.4. The van der Waals surface area contributed by atoms with Crippen LogP contribution in [-0.4, -0.2) is 28.8 Å². The third-order valence-corrected chi connectivity index (χ3v) is 3.71. The second kappa shape index (κ2) is 7.26. The van der Waals surface area contributed by atoms with E-state index in [0.717, 1.165) is 17.0 Å². The average molecular weight is 319 g/mol. The number of ether oxygens (including phenoxy) is 1. The van der Waals surface area contributed by atoms with E-state index < -0.39 is 0 Å². The molecule has 2 aromatic rings. The minimum Gasteiger partial charge on any atom is -0.491 e. The molecule has 0 fully saturated rings. The fourth-order valence-electron chi connectivity index (χ4n) is 2.49. The zero-order chi connectivity index (χ0) is 17.0. The second-order valence-electron chi connectivity index (χ2n) is 5.74. The molecule has 1 aromatic carbocycles. The lowest BCUT2D eigenvalue weighted by molar-refractivity contribution is -0.123. The number of nitrogens with zero attached hydrogens (tertiary/aromatic N) is 1. The topological polar surface area (TPSA) is 67.0 Å². The molecule has 0 unspecified atom stereocenters. The zero-order valence-electron chi connectivity index (χ0n) is 13.8. The molecule has 0 aliphatic rings. The number of aromatic amines is 1. The third-order valence-electron chi connectivity index (χ3n) is 3.71. The van der Waals surface area contributed by atoms with E-state index in [-0.39, 0.29) is 23.7 Å². The number of H-pyrrole nitrogens is 1. The maximum Gasteiger partial charge on any atom is 0.227 e. The minimum absolute atomic E-state index is 0.0761. The number of carbonyl (C=O) groups is 1. The molecule has 0 aliphatic carbocycles. The van der Waals surface area contributed by atoms with E-state index in [1.807, 2.05) is 27.7 Å². The van der Waals surface area contributed by atoms with E-state index >= 15 is 0 Å². The molecule has 2 atom stereocenters. The van der Waals surface area contributed by atoms with Crippen LogP contribution < -0.4 is 10.1 Å². The highest BCUT2D eigenvalue weighted by molar-refractivity contribution is 5.84. The van der Waals surface area contributed by atoms with E-state index in [9.17, 15) is 9.18 Å². The molecule has 2 rings (SSSR count). The van der Waals surface area contributed by atoms with Crippen LogP contribution in [0, 0.1) is 19.7 Å². The summed E-state index contributed by atoms with van der Waals surface area (Å²) in [5, 5.41) is 9.94. The van der Waals surface area contributed by atoms with Gasteiger partial charge in [0, 0.05) is 11.3 Å². The standard InChI is InChI=1S/C17H22FN3O2/c1-10(9-23-15-7-5-14(18)6-8-15)19-17(22)11(2)16-12(3)20-21-13(16)4/h5-8,10-11H,9H2,1-4H3,(H,19,22)(H,20,21)/t10-,11-/m0/s1. The van der Waals surface area contributed by atoms with Crippen molar-refractivity contribution in [2.75, 3.05) is 6.61 Å². The molecule has 5 nitrogen and oxygen atoms in total. The Morgan fingerprint density at radius 3 is 2.52 bits per heavy atom. The number of benzene rings is 1. The van der Waals surface area contributed by atoms with Crippen molar-refractivity contribution in [3.63, 3.8) is 0 Å². The summed E-state index contributed by atoms with van der Waals surface area (Å²) in [6.07, 6.45) is 0. The molecule has 0 spiro atoms. The van der Waals surface area contributed by atoms with Gasteiger partial charge in [-0.15, -0.1) is 0 Å². The summed E-state index contributed by atoms with van der Waals surface area (Å²) in [6, 6.07) is 5.63. The normalized spacial score (nSPS) is 13.4. The molecule has 23 heavy (non-hydrogen) atoms. The van der Waals surface area contributed by atoms with E-state index in [1.165, 1.54) is 12.1 Å². The molecule has 0 radical (unpaired) electrons. The van der Waals surface area contributed by atoms with Crippen LogP contribution in [0.15, 0.2) is 24.3 Å². The minimum atomic E-state index is -0.307. The molecule has 0 saturated heterocycles. The van der Waals surface area contributed by atoms with Gasteiger partial charge in [-0.05, 0) is 52.0 Å². The maximum absolute atomic E-state index is 12.8. The van der Waals surface area contributed by atoms with Crippen molar-refractivity contribution < 1.29 is 13.9 Å². The van der Waals surface area contributed by atoms with Gasteiger partial charge in [-0.1, -0.05) is 0 Å². The SMILES string of the molecule is Cc1n[nH]c(C)c1[C@H](C)C(=O)N[C@@H](C)COc1ccc(F)cc1. The Hall–Kier alpha value is -2.37. The Bertz CT molecular complexity index is 647. The molecule has 6 heteroatoms. The van der Waals surface area contributed by atoms with Gasteiger partial charge in [0.15, 0.2) is 0 Å². The van der Waals surface area contributed by atoms with Gasteiger partial charge in [0.25, 0.3) is 0 Å². The van der Waals surface area contributed by atoms with Crippen LogP contribution in [0.3, 0.4) is 0 Å². The number of hydrogen-bond acceptors (Lipinski definition) is 3. The summed E-state index contributed by atoms with van der Waals surface area (Å²) in [6.45, 7) is 7.81. The molecule has 1 heterocycles. The van der Waals surface area contributed by atoms with Crippen molar-refractivity contribution in [2.24, 2.45) is 0 Å². The number of aromatic nitrogens is 2. The molecule has 124 valence electrons. The van der Waals surface area contributed by atoms with Crippen molar-refractivity contribution in [2.45, 2.75) is 39.7 Å². The fourth-order valence-corrected chi connectivity index (χ4v) is 2.49. The number of halogens is 1. The number of rotatable bonds is 6. The monoisotopic (exact) mass is 319 g/mol. The first-order valence-electron chi connectivity index (χ1n) is 7.58. The van der Waals surface area contributed by atoms with Crippen LogP contribution in [0.25, 0.3) is 0 Å². The second-order valence-corrected chi connectivity index (χ2v) is 5.74. The third kappa shape index (κ3) is 4.31. The summed E-state index contributed by atoms with van der Waals surface area (Å²) < 4.78 is 18.4. The Morgan fingerprint density at radius 2 is 1.96 bits per heavy atom. The summed E-state index contributed by atoms with van der Waals surface area (Å²) in [7, 11) is 0. The largest absolute Gasteiger partial charge is 0.491 e. The van der Waals surface area contributed by atoms with Crippen molar-refractivity contribution >= 4 is 5.91 Å². The van der Waals surface area contributed by atoms with Gasteiger partial charge in [-0.25, -0.2) is 4.39 Å². The maximum atomic E-state index is 12.8. The molecule has 1 aromatic heterocycles. The van der Waals surface area contributed by atoms with Crippen LogP contribution in [0.2, 0.25) is 0 Å². The van der Waals surface area contributed by atoms with Gasteiger partial charge in [0.1, 0.15) is 18.2 Å². The number of aryl methyl sites for hydroxylation is 2. The van der Waals surface area contributed by atoms with Gasteiger partial charge in [-0.2, -0.15) is 5.10 Å². The number of nitrogens with one attached hydrogen (secondary N) is 2. The highest BCUT2D eigenvalue weighted by Crippen LogP contribution is 2.21. The van der Waals surface area contributed by atoms with Crippen LogP contribution in [0.5, 0.6) is 5.75 Å². The quantitative estimate of drug-likeness (QED) is 0.860. The van der Waals surface area contributed by atoms with Gasteiger partial charge < -0.3 is 10.1 Å². The average Bonchev–Trinajstić information content (AvgIpc) is 2.85. The van der Waals surface area contributed by atoms with Crippen LogP contribution in [-0.2, 0) is 4.79 Å². The highest BCUT2D eigenvalue weighted by Gasteiger charge is 2.22. The number of amides is 1. The first-order valence-corrected chi connectivity index (χ1v) is 7.58. The number of hydrogen-bond donors (Lipinski definition) is 2. The highest BCUT2D eigenvalue weighted by atomic mass is 19.1. The summed E-state index contributed by atoms with van der Waals surface area (Å²) >= 11 is 0.